The third-order valence-electron chi connectivity index (χ3n) is 6.47. The molecule has 31 heavy (non-hydrogen) atoms. The third kappa shape index (κ3) is 7.66. The van der Waals surface area contributed by atoms with E-state index in [0.717, 1.165) is 76.5 Å². The Bertz CT molecular complexity index is 713. The van der Waals surface area contributed by atoms with Crippen molar-refractivity contribution in [2.45, 2.75) is 67.2 Å². The van der Waals surface area contributed by atoms with E-state index in [1.165, 1.54) is 22.3 Å². The molecule has 3 nitrogen and oxygen atoms in total. The lowest BCUT2D eigenvalue weighted by Gasteiger charge is -2.21. The summed E-state index contributed by atoms with van der Waals surface area (Å²) in [6.45, 7) is 19.9. The van der Waals surface area contributed by atoms with E-state index in [4.69, 9.17) is 4.74 Å². The summed E-state index contributed by atoms with van der Waals surface area (Å²) in [5, 5.41) is 0. The van der Waals surface area contributed by atoms with Gasteiger partial charge in [-0.1, -0.05) is 65.8 Å². The molecule has 0 amide bonds. The molecule has 2 rings (SSSR count). The van der Waals surface area contributed by atoms with Crippen molar-refractivity contribution in [3.8, 4) is 11.5 Å². The molecule has 0 radical (unpaired) electrons. The van der Waals surface area contributed by atoms with Gasteiger partial charge in [0.15, 0.2) is 0 Å². The molecule has 0 spiro atoms. The molecule has 172 valence electrons. The van der Waals surface area contributed by atoms with Crippen LogP contribution in [-0.4, -0.2) is 49.1 Å². The highest BCUT2D eigenvalue weighted by Gasteiger charge is 2.12. The minimum Gasteiger partial charge on any atom is -0.457 e. The number of ether oxygens (including phenoxy) is 1. The number of hydrogen-bond donors (Lipinski definition) is 0. The standard InChI is InChI=1S/C28H44N2O/c1-7-23-13-15-27(25(21-23)17-19-29(9-3)10-4)31-28-16-14-24(8-2)22-26(28)18-20-30(11-5)12-6/h13-16,21-22H,7-12,17-20H2,1-6H3. The van der Waals surface area contributed by atoms with Crippen LogP contribution in [0.5, 0.6) is 11.5 Å². The molecule has 0 atom stereocenters. The van der Waals surface area contributed by atoms with Crippen LogP contribution in [0.25, 0.3) is 0 Å². The Hall–Kier alpha value is -1.84. The highest BCUT2D eigenvalue weighted by Crippen LogP contribution is 2.31. The van der Waals surface area contributed by atoms with Gasteiger partial charge in [0.05, 0.1) is 0 Å². The average molecular weight is 425 g/mol. The van der Waals surface area contributed by atoms with E-state index < -0.39 is 0 Å². The molecule has 0 aliphatic carbocycles. The van der Waals surface area contributed by atoms with Crippen LogP contribution in [-0.2, 0) is 25.7 Å². The van der Waals surface area contributed by atoms with E-state index in [2.05, 4.69) is 87.7 Å². The average Bonchev–Trinajstić information content (AvgIpc) is 2.81. The molecule has 0 saturated heterocycles. The lowest BCUT2D eigenvalue weighted by Crippen LogP contribution is -2.25. The Balaban J connectivity index is 2.29. The van der Waals surface area contributed by atoms with Crippen molar-refractivity contribution in [2.24, 2.45) is 0 Å². The Kier molecular flexibility index (Phi) is 11.1. The first-order chi connectivity index (χ1) is 15.1. The summed E-state index contributed by atoms with van der Waals surface area (Å²) in [6, 6.07) is 13.5. The van der Waals surface area contributed by atoms with Gasteiger partial charge in [-0.15, -0.1) is 0 Å². The summed E-state index contributed by atoms with van der Waals surface area (Å²) in [7, 11) is 0. The number of hydrogen-bond acceptors (Lipinski definition) is 3. The number of likely N-dealkylation sites (N-methyl/N-ethyl adjacent to an activating group) is 2. The fourth-order valence-corrected chi connectivity index (χ4v) is 4.05. The monoisotopic (exact) mass is 424 g/mol. The first kappa shape index (κ1) is 25.4. The summed E-state index contributed by atoms with van der Waals surface area (Å²) < 4.78 is 6.60. The predicted molar refractivity (Wildman–Crippen MR) is 135 cm³/mol. The smallest absolute Gasteiger partial charge is 0.130 e. The molecule has 0 N–H and O–H groups in total. The topological polar surface area (TPSA) is 15.7 Å². The maximum atomic E-state index is 6.60. The van der Waals surface area contributed by atoms with E-state index >= 15 is 0 Å². The van der Waals surface area contributed by atoms with Crippen LogP contribution in [0.2, 0.25) is 0 Å². The van der Waals surface area contributed by atoms with Crippen LogP contribution in [0, 0.1) is 0 Å². The zero-order chi connectivity index (χ0) is 22.6. The molecule has 2 aromatic carbocycles. The molecular weight excluding hydrogens is 380 g/mol. The summed E-state index contributed by atoms with van der Waals surface area (Å²) in [4.78, 5) is 4.96. The molecule has 0 fully saturated rings. The number of nitrogens with zero attached hydrogens (tertiary/aromatic N) is 2. The molecule has 0 aliphatic rings. The summed E-state index contributed by atoms with van der Waals surface area (Å²) in [5.41, 5.74) is 5.40. The van der Waals surface area contributed by atoms with Crippen LogP contribution in [0.1, 0.15) is 63.8 Å². The van der Waals surface area contributed by atoms with Gasteiger partial charge < -0.3 is 14.5 Å². The van der Waals surface area contributed by atoms with Gasteiger partial charge in [-0.05, 0) is 86.2 Å². The zero-order valence-corrected chi connectivity index (χ0v) is 20.8. The molecule has 3 heteroatoms. The van der Waals surface area contributed by atoms with E-state index in [1.54, 1.807) is 0 Å². The van der Waals surface area contributed by atoms with E-state index in [0.29, 0.717) is 0 Å². The second-order valence-electron chi connectivity index (χ2n) is 8.25. The predicted octanol–water partition coefficient (Wildman–Crippen LogP) is 6.37. The lowest BCUT2D eigenvalue weighted by atomic mass is 10.0. The van der Waals surface area contributed by atoms with Crippen LogP contribution < -0.4 is 4.74 Å². The summed E-state index contributed by atoms with van der Waals surface area (Å²) >= 11 is 0. The largest absolute Gasteiger partial charge is 0.457 e. The molecular formula is C28H44N2O. The van der Waals surface area contributed by atoms with Gasteiger partial charge in [-0.3, -0.25) is 0 Å². The van der Waals surface area contributed by atoms with Gasteiger partial charge >= 0.3 is 0 Å². The van der Waals surface area contributed by atoms with Gasteiger partial charge in [0.2, 0.25) is 0 Å². The molecule has 0 aliphatic heterocycles. The van der Waals surface area contributed by atoms with Gasteiger partial charge in [-0.25, -0.2) is 0 Å². The minimum atomic E-state index is 1.01. The Morgan fingerprint density at radius 2 is 0.968 bits per heavy atom. The molecule has 0 heterocycles. The number of benzene rings is 2. The van der Waals surface area contributed by atoms with E-state index in [-0.39, 0.29) is 0 Å². The van der Waals surface area contributed by atoms with Gasteiger partial charge in [0.25, 0.3) is 0 Å². The van der Waals surface area contributed by atoms with Crippen molar-refractivity contribution in [2.75, 3.05) is 39.3 Å². The van der Waals surface area contributed by atoms with Crippen LogP contribution >= 0.6 is 0 Å². The van der Waals surface area contributed by atoms with Crippen molar-refractivity contribution in [1.29, 1.82) is 0 Å². The third-order valence-corrected chi connectivity index (χ3v) is 6.47. The van der Waals surface area contributed by atoms with Crippen LogP contribution in [0.3, 0.4) is 0 Å². The van der Waals surface area contributed by atoms with E-state index in [1.807, 2.05) is 0 Å². The second-order valence-corrected chi connectivity index (χ2v) is 8.25. The number of rotatable bonds is 14. The maximum Gasteiger partial charge on any atom is 0.130 e. The first-order valence-corrected chi connectivity index (χ1v) is 12.4. The SMILES string of the molecule is CCc1ccc(Oc2ccc(CC)cc2CCN(CC)CC)c(CCN(CC)CC)c1. The van der Waals surface area contributed by atoms with E-state index in [9.17, 15) is 0 Å². The molecule has 0 aromatic heterocycles. The Labute approximate surface area is 191 Å². The zero-order valence-electron chi connectivity index (χ0n) is 20.8. The Morgan fingerprint density at radius 1 is 0.581 bits per heavy atom. The van der Waals surface area contributed by atoms with Gasteiger partial charge in [0, 0.05) is 13.1 Å². The van der Waals surface area contributed by atoms with Crippen molar-refractivity contribution in [3.05, 3.63) is 58.7 Å². The number of aryl methyl sites for hydroxylation is 2. The quantitative estimate of drug-likeness (QED) is 0.350. The molecule has 0 unspecified atom stereocenters. The van der Waals surface area contributed by atoms with Crippen molar-refractivity contribution < 1.29 is 4.74 Å². The lowest BCUT2D eigenvalue weighted by molar-refractivity contribution is 0.305. The Morgan fingerprint density at radius 3 is 1.29 bits per heavy atom. The van der Waals surface area contributed by atoms with Gasteiger partial charge in [0.1, 0.15) is 11.5 Å². The minimum absolute atomic E-state index is 1.01. The highest BCUT2D eigenvalue weighted by atomic mass is 16.5. The summed E-state index contributed by atoms with van der Waals surface area (Å²) in [5.74, 6) is 2.02. The first-order valence-electron chi connectivity index (χ1n) is 12.4. The van der Waals surface area contributed by atoms with Crippen molar-refractivity contribution in [3.63, 3.8) is 0 Å². The highest BCUT2D eigenvalue weighted by molar-refractivity contribution is 5.45. The molecule has 2 aromatic rings. The molecule has 0 bridgehead atoms. The van der Waals surface area contributed by atoms with Crippen molar-refractivity contribution >= 4 is 0 Å². The fraction of sp³-hybridized carbons (Fsp3) is 0.571. The van der Waals surface area contributed by atoms with Crippen LogP contribution in [0.15, 0.2) is 36.4 Å². The maximum absolute atomic E-state index is 6.60. The summed E-state index contributed by atoms with van der Waals surface area (Å²) in [6.07, 6.45) is 4.15. The van der Waals surface area contributed by atoms with Gasteiger partial charge in [-0.2, -0.15) is 0 Å². The fourth-order valence-electron chi connectivity index (χ4n) is 4.05. The van der Waals surface area contributed by atoms with Crippen molar-refractivity contribution in [1.82, 2.24) is 9.80 Å². The normalized spacial score (nSPS) is 11.5. The second kappa shape index (κ2) is 13.5. The molecule has 0 saturated carbocycles. The van der Waals surface area contributed by atoms with Crippen LogP contribution in [0.4, 0.5) is 0 Å².